The first-order valence-corrected chi connectivity index (χ1v) is 9.18. The van der Waals surface area contributed by atoms with Crippen LogP contribution >= 0.6 is 0 Å². The monoisotopic (exact) mass is 382 g/mol. The highest BCUT2D eigenvalue weighted by atomic mass is 16.5. The summed E-state index contributed by atoms with van der Waals surface area (Å²) in [5.41, 5.74) is 0.390. The lowest BCUT2D eigenvalue weighted by molar-refractivity contribution is -0.151. The number of carboxylic acids is 1. The summed E-state index contributed by atoms with van der Waals surface area (Å²) >= 11 is 0. The van der Waals surface area contributed by atoms with Gasteiger partial charge in [0, 0.05) is 12.1 Å². The number of aliphatic carboxylic acids is 1. The van der Waals surface area contributed by atoms with Crippen LogP contribution in [-0.2, 0) is 9.59 Å². The number of benzene rings is 2. The van der Waals surface area contributed by atoms with Crippen molar-refractivity contribution in [1.29, 1.82) is 0 Å². The van der Waals surface area contributed by atoms with Gasteiger partial charge in [0.25, 0.3) is 5.91 Å². The smallest absolute Gasteiger partial charge is 0.326 e. The van der Waals surface area contributed by atoms with Crippen molar-refractivity contribution >= 4 is 17.8 Å². The van der Waals surface area contributed by atoms with Gasteiger partial charge in [-0.2, -0.15) is 0 Å². The molecule has 0 bridgehead atoms. The molecule has 1 aliphatic heterocycles. The van der Waals surface area contributed by atoms with Crippen LogP contribution in [0.15, 0.2) is 54.6 Å². The molecule has 2 aromatic carbocycles. The van der Waals surface area contributed by atoms with E-state index in [1.54, 1.807) is 24.3 Å². The van der Waals surface area contributed by atoms with Crippen molar-refractivity contribution in [1.82, 2.24) is 10.2 Å². The molecule has 1 saturated heterocycles. The number of ether oxygens (including phenoxy) is 1. The number of likely N-dealkylation sites (tertiary alicyclic amines) is 1. The number of amides is 2. The van der Waals surface area contributed by atoms with Gasteiger partial charge < -0.3 is 20.1 Å². The molecule has 2 aromatic rings. The fourth-order valence-corrected chi connectivity index (χ4v) is 3.15. The van der Waals surface area contributed by atoms with Gasteiger partial charge in [0.1, 0.15) is 17.5 Å². The van der Waals surface area contributed by atoms with Crippen molar-refractivity contribution in [2.45, 2.75) is 25.3 Å². The first-order chi connectivity index (χ1) is 13.5. The molecule has 7 heteroatoms. The zero-order valence-electron chi connectivity index (χ0n) is 15.3. The number of carboxylic acid groups (broad SMARTS) is 1. The van der Waals surface area contributed by atoms with Gasteiger partial charge in [-0.25, -0.2) is 4.79 Å². The van der Waals surface area contributed by atoms with Crippen molar-refractivity contribution < 1.29 is 24.2 Å². The predicted molar refractivity (Wildman–Crippen MR) is 102 cm³/mol. The minimum atomic E-state index is -1.01. The zero-order chi connectivity index (χ0) is 19.9. The first kappa shape index (κ1) is 19.4. The van der Waals surface area contributed by atoms with Crippen LogP contribution in [0.3, 0.4) is 0 Å². The molecule has 0 saturated carbocycles. The lowest BCUT2D eigenvalue weighted by Crippen LogP contribution is -2.51. The van der Waals surface area contributed by atoms with Crippen molar-refractivity contribution in [2.24, 2.45) is 0 Å². The largest absolute Gasteiger partial charge is 0.480 e. The predicted octanol–water partition coefficient (Wildman–Crippen LogP) is 2.67. The molecule has 2 amide bonds. The van der Waals surface area contributed by atoms with Gasteiger partial charge in [-0.3, -0.25) is 9.59 Å². The standard InChI is InChI=1S/C21H22N2O5/c24-19(23-13-5-4-8-18(23)21(26)27)14-22-20(25)15-9-11-17(12-10-15)28-16-6-2-1-3-7-16/h1-3,6-7,9-12,18H,4-5,8,13-14H2,(H,22,25)(H,26,27). The molecular formula is C21H22N2O5. The first-order valence-electron chi connectivity index (χ1n) is 9.18. The molecule has 1 aliphatic rings. The van der Waals surface area contributed by atoms with Crippen LogP contribution in [0.1, 0.15) is 29.6 Å². The lowest BCUT2D eigenvalue weighted by atomic mass is 10.0. The minimum absolute atomic E-state index is 0.231. The normalized spacial score (nSPS) is 16.3. The third-order valence-electron chi connectivity index (χ3n) is 4.60. The molecule has 146 valence electrons. The molecule has 3 rings (SSSR count). The van der Waals surface area contributed by atoms with Gasteiger partial charge in [0.2, 0.25) is 5.91 Å². The van der Waals surface area contributed by atoms with Crippen LogP contribution in [0.4, 0.5) is 0 Å². The molecule has 1 heterocycles. The number of rotatable bonds is 6. The van der Waals surface area contributed by atoms with E-state index in [1.165, 1.54) is 4.90 Å². The molecule has 0 aliphatic carbocycles. The van der Waals surface area contributed by atoms with Crippen molar-refractivity contribution in [3.05, 3.63) is 60.2 Å². The Morgan fingerprint density at radius 2 is 1.68 bits per heavy atom. The number of nitrogens with one attached hydrogen (secondary N) is 1. The van der Waals surface area contributed by atoms with Crippen LogP contribution in [0.25, 0.3) is 0 Å². The highest BCUT2D eigenvalue weighted by molar-refractivity contribution is 5.97. The van der Waals surface area contributed by atoms with E-state index in [0.29, 0.717) is 30.0 Å². The van der Waals surface area contributed by atoms with E-state index in [0.717, 1.165) is 12.8 Å². The second-order valence-electron chi connectivity index (χ2n) is 6.56. The Morgan fingerprint density at radius 3 is 2.36 bits per heavy atom. The molecule has 2 N–H and O–H groups in total. The van der Waals surface area contributed by atoms with Gasteiger partial charge in [-0.15, -0.1) is 0 Å². The summed E-state index contributed by atoms with van der Waals surface area (Å²) in [6.45, 7) is 0.169. The summed E-state index contributed by atoms with van der Waals surface area (Å²) in [4.78, 5) is 37.2. The maximum atomic E-state index is 12.3. The Kier molecular flexibility index (Phi) is 6.26. The second kappa shape index (κ2) is 9.03. The fraction of sp³-hybridized carbons (Fsp3) is 0.286. The number of carbonyl (C=O) groups is 3. The maximum absolute atomic E-state index is 12.3. The van der Waals surface area contributed by atoms with Gasteiger partial charge in [0.05, 0.1) is 6.54 Å². The number of nitrogens with zero attached hydrogens (tertiary/aromatic N) is 1. The van der Waals surface area contributed by atoms with Crippen LogP contribution in [0, 0.1) is 0 Å². The minimum Gasteiger partial charge on any atom is -0.480 e. The number of piperidine rings is 1. The van der Waals surface area contributed by atoms with E-state index in [4.69, 9.17) is 4.74 Å². The third-order valence-corrected chi connectivity index (χ3v) is 4.60. The number of carbonyl (C=O) groups excluding carboxylic acids is 2. The highest BCUT2D eigenvalue weighted by Crippen LogP contribution is 2.21. The highest BCUT2D eigenvalue weighted by Gasteiger charge is 2.31. The maximum Gasteiger partial charge on any atom is 0.326 e. The number of hydrogen-bond acceptors (Lipinski definition) is 4. The molecule has 7 nitrogen and oxygen atoms in total. The molecular weight excluding hydrogens is 360 g/mol. The lowest BCUT2D eigenvalue weighted by Gasteiger charge is -2.33. The van der Waals surface area contributed by atoms with E-state index in [-0.39, 0.29) is 12.5 Å². The second-order valence-corrected chi connectivity index (χ2v) is 6.56. The summed E-state index contributed by atoms with van der Waals surface area (Å²) in [5.74, 6) is -0.502. The van der Waals surface area contributed by atoms with Crippen molar-refractivity contribution in [2.75, 3.05) is 13.1 Å². The third kappa shape index (κ3) is 4.88. The van der Waals surface area contributed by atoms with Crippen molar-refractivity contribution in [3.8, 4) is 11.5 Å². The number of hydrogen-bond donors (Lipinski definition) is 2. The topological polar surface area (TPSA) is 95.9 Å². The molecule has 28 heavy (non-hydrogen) atoms. The van der Waals surface area contributed by atoms with Crippen LogP contribution in [-0.4, -0.2) is 46.9 Å². The Balaban J connectivity index is 1.54. The molecule has 1 atom stereocenters. The summed E-state index contributed by atoms with van der Waals surface area (Å²) in [7, 11) is 0. The average Bonchev–Trinajstić information content (AvgIpc) is 2.73. The Labute approximate surface area is 162 Å². The van der Waals surface area contributed by atoms with Crippen molar-refractivity contribution in [3.63, 3.8) is 0 Å². The Hall–Kier alpha value is -3.35. The van der Waals surface area contributed by atoms with E-state index in [1.807, 2.05) is 30.3 Å². The van der Waals surface area contributed by atoms with Crippen LogP contribution < -0.4 is 10.1 Å². The molecule has 0 radical (unpaired) electrons. The summed E-state index contributed by atoms with van der Waals surface area (Å²) < 4.78 is 5.68. The average molecular weight is 382 g/mol. The van der Waals surface area contributed by atoms with E-state index in [9.17, 15) is 19.5 Å². The van der Waals surface area contributed by atoms with Crippen LogP contribution in [0.2, 0.25) is 0 Å². The molecule has 1 unspecified atom stereocenters. The van der Waals surface area contributed by atoms with E-state index >= 15 is 0 Å². The van der Waals surface area contributed by atoms with Crippen LogP contribution in [0.5, 0.6) is 11.5 Å². The van der Waals surface area contributed by atoms with Gasteiger partial charge in [-0.1, -0.05) is 18.2 Å². The summed E-state index contributed by atoms with van der Waals surface area (Å²) in [6.07, 6.45) is 1.99. The van der Waals surface area contributed by atoms with Gasteiger partial charge in [0.15, 0.2) is 0 Å². The number of para-hydroxylation sites is 1. The van der Waals surface area contributed by atoms with Gasteiger partial charge >= 0.3 is 5.97 Å². The van der Waals surface area contributed by atoms with Gasteiger partial charge in [-0.05, 0) is 55.7 Å². The SMILES string of the molecule is O=C(NCC(=O)N1CCCCC1C(=O)O)c1ccc(Oc2ccccc2)cc1. The van der Waals surface area contributed by atoms with E-state index < -0.39 is 17.9 Å². The molecule has 1 fully saturated rings. The summed E-state index contributed by atoms with van der Waals surface area (Å²) in [6, 6.07) is 15.0. The molecule has 0 spiro atoms. The summed E-state index contributed by atoms with van der Waals surface area (Å²) in [5, 5.41) is 11.8. The quantitative estimate of drug-likeness (QED) is 0.801. The van der Waals surface area contributed by atoms with E-state index in [2.05, 4.69) is 5.32 Å². The fourth-order valence-electron chi connectivity index (χ4n) is 3.15. The Bertz CT molecular complexity index is 836. The Morgan fingerprint density at radius 1 is 1.00 bits per heavy atom. The zero-order valence-corrected chi connectivity index (χ0v) is 15.3. The molecule has 0 aromatic heterocycles.